The summed E-state index contributed by atoms with van der Waals surface area (Å²) in [6.45, 7) is 0.837. The van der Waals surface area contributed by atoms with Crippen LogP contribution in [-0.2, 0) is 11.3 Å². The number of nitrogens with zero attached hydrogens (tertiary/aromatic N) is 3. The first kappa shape index (κ1) is 18.9. The van der Waals surface area contributed by atoms with Crippen molar-refractivity contribution in [2.75, 3.05) is 6.54 Å². The lowest BCUT2D eigenvalue weighted by atomic mass is 9.84. The third-order valence-corrected chi connectivity index (χ3v) is 6.25. The number of rotatable bonds is 5. The molecule has 0 bridgehead atoms. The monoisotopic (exact) mass is 379 g/mol. The molecule has 2 aromatic rings. The smallest absolute Gasteiger partial charge is 0.267 e. The molecule has 4 rings (SSSR count). The number of benzene rings is 1. The van der Waals surface area contributed by atoms with Crippen molar-refractivity contribution in [2.24, 2.45) is 5.92 Å². The standard InChI is InChI=1S/C23H29N3O2/c27-22-14-13-21(19-10-5-2-6-11-19)24-26(22)17-23(28)25-15-7-12-20(25)16-18-8-3-1-4-9-18/h2,5-6,10-11,13-14,18,20H,1,3-4,7-9,12,15-17H2/t20-/m0/s1. The molecule has 1 aliphatic heterocycles. The Morgan fingerprint density at radius 2 is 1.75 bits per heavy atom. The molecule has 0 spiro atoms. The van der Waals surface area contributed by atoms with E-state index >= 15 is 0 Å². The van der Waals surface area contributed by atoms with E-state index in [1.54, 1.807) is 6.07 Å². The zero-order valence-electron chi connectivity index (χ0n) is 16.4. The number of amides is 1. The van der Waals surface area contributed by atoms with Crippen LogP contribution in [0.2, 0.25) is 0 Å². The Kier molecular flexibility index (Phi) is 5.89. The van der Waals surface area contributed by atoms with E-state index in [2.05, 4.69) is 5.10 Å². The molecule has 2 fully saturated rings. The average Bonchev–Trinajstić information content (AvgIpc) is 3.19. The van der Waals surface area contributed by atoms with Crippen LogP contribution in [0.1, 0.15) is 51.4 Å². The zero-order valence-corrected chi connectivity index (χ0v) is 16.4. The van der Waals surface area contributed by atoms with Crippen LogP contribution in [0, 0.1) is 5.92 Å². The van der Waals surface area contributed by atoms with Gasteiger partial charge in [-0.1, -0.05) is 62.4 Å². The summed E-state index contributed by atoms with van der Waals surface area (Å²) in [5.41, 5.74) is 1.43. The number of carbonyl (C=O) groups excluding carboxylic acids is 1. The highest BCUT2D eigenvalue weighted by molar-refractivity contribution is 5.76. The van der Waals surface area contributed by atoms with Crippen molar-refractivity contribution in [3.05, 3.63) is 52.8 Å². The van der Waals surface area contributed by atoms with Gasteiger partial charge in [0.2, 0.25) is 5.91 Å². The van der Waals surface area contributed by atoms with Crippen molar-refractivity contribution >= 4 is 5.91 Å². The van der Waals surface area contributed by atoms with Crippen molar-refractivity contribution in [3.63, 3.8) is 0 Å². The highest BCUT2D eigenvalue weighted by atomic mass is 16.2. The van der Waals surface area contributed by atoms with Gasteiger partial charge < -0.3 is 4.90 Å². The van der Waals surface area contributed by atoms with Gasteiger partial charge in [-0.2, -0.15) is 5.10 Å². The fourth-order valence-electron chi connectivity index (χ4n) is 4.76. The van der Waals surface area contributed by atoms with E-state index < -0.39 is 0 Å². The van der Waals surface area contributed by atoms with Crippen LogP contribution in [0.25, 0.3) is 11.3 Å². The minimum absolute atomic E-state index is 0.0260. The van der Waals surface area contributed by atoms with Gasteiger partial charge in [-0.15, -0.1) is 0 Å². The molecule has 5 heteroatoms. The second kappa shape index (κ2) is 8.72. The SMILES string of the molecule is O=C(Cn1nc(-c2ccccc2)ccc1=O)N1CCC[C@H]1CC1CCCCC1. The summed E-state index contributed by atoms with van der Waals surface area (Å²) < 4.78 is 1.32. The van der Waals surface area contributed by atoms with Crippen molar-refractivity contribution < 1.29 is 4.79 Å². The zero-order chi connectivity index (χ0) is 19.3. The quantitative estimate of drug-likeness (QED) is 0.792. The summed E-state index contributed by atoms with van der Waals surface area (Å²) in [6, 6.07) is 13.3. The third kappa shape index (κ3) is 4.34. The molecule has 0 radical (unpaired) electrons. The minimum Gasteiger partial charge on any atom is -0.338 e. The van der Waals surface area contributed by atoms with Gasteiger partial charge in [0.25, 0.3) is 5.56 Å². The lowest BCUT2D eigenvalue weighted by Crippen LogP contribution is -2.41. The highest BCUT2D eigenvalue weighted by Gasteiger charge is 2.31. The van der Waals surface area contributed by atoms with E-state index in [1.165, 1.54) is 42.9 Å². The number of hydrogen-bond acceptors (Lipinski definition) is 3. The molecule has 148 valence electrons. The molecule has 1 aromatic carbocycles. The maximum absolute atomic E-state index is 13.0. The molecular weight excluding hydrogens is 350 g/mol. The summed E-state index contributed by atoms with van der Waals surface area (Å²) >= 11 is 0. The maximum Gasteiger partial charge on any atom is 0.267 e. The van der Waals surface area contributed by atoms with E-state index in [4.69, 9.17) is 0 Å². The van der Waals surface area contributed by atoms with Gasteiger partial charge in [0.15, 0.2) is 0 Å². The largest absolute Gasteiger partial charge is 0.338 e. The van der Waals surface area contributed by atoms with E-state index in [9.17, 15) is 9.59 Å². The third-order valence-electron chi connectivity index (χ3n) is 6.25. The Balaban J connectivity index is 1.46. The predicted molar refractivity (Wildman–Crippen MR) is 110 cm³/mol. The van der Waals surface area contributed by atoms with Gasteiger partial charge in [0.1, 0.15) is 6.54 Å². The van der Waals surface area contributed by atoms with E-state index in [0.29, 0.717) is 11.7 Å². The van der Waals surface area contributed by atoms with E-state index in [-0.39, 0.29) is 18.0 Å². The summed E-state index contributed by atoms with van der Waals surface area (Å²) in [7, 11) is 0. The second-order valence-corrected chi connectivity index (χ2v) is 8.20. The van der Waals surface area contributed by atoms with Gasteiger partial charge in [-0.3, -0.25) is 9.59 Å². The first-order valence-electron chi connectivity index (χ1n) is 10.6. The second-order valence-electron chi connectivity index (χ2n) is 8.20. The lowest BCUT2D eigenvalue weighted by Gasteiger charge is -2.30. The van der Waals surface area contributed by atoms with Crippen LogP contribution in [0.15, 0.2) is 47.3 Å². The molecule has 1 saturated carbocycles. The molecule has 1 saturated heterocycles. The molecule has 2 heterocycles. The average molecular weight is 380 g/mol. The Labute approximate surface area is 166 Å². The molecule has 1 aliphatic carbocycles. The van der Waals surface area contributed by atoms with Crippen LogP contribution in [0.3, 0.4) is 0 Å². The molecular formula is C23H29N3O2. The molecule has 1 amide bonds. The predicted octanol–water partition coefficient (Wildman–Crippen LogP) is 3.87. The van der Waals surface area contributed by atoms with E-state index in [1.807, 2.05) is 35.2 Å². The molecule has 1 atom stereocenters. The van der Waals surface area contributed by atoms with Crippen molar-refractivity contribution in [2.45, 2.75) is 64.0 Å². The first-order chi connectivity index (χ1) is 13.7. The van der Waals surface area contributed by atoms with Crippen molar-refractivity contribution in [1.82, 2.24) is 14.7 Å². The number of aromatic nitrogens is 2. The molecule has 0 N–H and O–H groups in total. The minimum atomic E-state index is -0.226. The van der Waals surface area contributed by atoms with Gasteiger partial charge >= 0.3 is 0 Å². The van der Waals surface area contributed by atoms with Crippen LogP contribution >= 0.6 is 0 Å². The molecule has 28 heavy (non-hydrogen) atoms. The normalized spacial score (nSPS) is 20.4. The Morgan fingerprint density at radius 1 is 0.964 bits per heavy atom. The molecule has 1 aromatic heterocycles. The summed E-state index contributed by atoms with van der Waals surface area (Å²) in [4.78, 5) is 27.3. The summed E-state index contributed by atoms with van der Waals surface area (Å²) in [5.74, 6) is 0.785. The molecule has 2 aliphatic rings. The Hall–Kier alpha value is -2.43. The highest BCUT2D eigenvalue weighted by Crippen LogP contribution is 2.32. The van der Waals surface area contributed by atoms with Crippen LogP contribution < -0.4 is 5.56 Å². The van der Waals surface area contributed by atoms with E-state index in [0.717, 1.165) is 37.3 Å². The van der Waals surface area contributed by atoms with Gasteiger partial charge in [0, 0.05) is 24.2 Å². The fraction of sp³-hybridized carbons (Fsp3) is 0.522. The van der Waals surface area contributed by atoms with Gasteiger partial charge in [0.05, 0.1) is 5.69 Å². The van der Waals surface area contributed by atoms with Crippen LogP contribution in [-0.4, -0.2) is 33.2 Å². The van der Waals surface area contributed by atoms with Crippen LogP contribution in [0.4, 0.5) is 0 Å². The van der Waals surface area contributed by atoms with Crippen LogP contribution in [0.5, 0.6) is 0 Å². The fourth-order valence-corrected chi connectivity index (χ4v) is 4.76. The first-order valence-corrected chi connectivity index (χ1v) is 10.6. The molecule has 0 unspecified atom stereocenters. The van der Waals surface area contributed by atoms with Crippen molar-refractivity contribution in [3.8, 4) is 11.3 Å². The van der Waals surface area contributed by atoms with Crippen molar-refractivity contribution in [1.29, 1.82) is 0 Å². The Bertz CT molecular complexity index is 856. The maximum atomic E-state index is 13.0. The number of hydrogen-bond donors (Lipinski definition) is 0. The number of likely N-dealkylation sites (tertiary alicyclic amines) is 1. The summed E-state index contributed by atoms with van der Waals surface area (Å²) in [5, 5.41) is 4.45. The lowest BCUT2D eigenvalue weighted by molar-refractivity contribution is -0.133. The van der Waals surface area contributed by atoms with Gasteiger partial charge in [-0.25, -0.2) is 4.68 Å². The van der Waals surface area contributed by atoms with Gasteiger partial charge in [-0.05, 0) is 31.2 Å². The topological polar surface area (TPSA) is 55.2 Å². The number of carbonyl (C=O) groups is 1. The molecule has 5 nitrogen and oxygen atoms in total. The summed E-state index contributed by atoms with van der Waals surface area (Å²) in [6.07, 6.45) is 9.91. The Morgan fingerprint density at radius 3 is 2.54 bits per heavy atom.